The van der Waals surface area contributed by atoms with Gasteiger partial charge >= 0.3 is 11.9 Å². The van der Waals surface area contributed by atoms with E-state index in [-0.39, 0.29) is 29.2 Å². The zero-order valence-corrected chi connectivity index (χ0v) is 15.7. The molecule has 1 N–H and O–H groups in total. The van der Waals surface area contributed by atoms with Crippen molar-refractivity contribution in [3.8, 4) is 0 Å². The second kappa shape index (κ2) is 9.13. The second-order valence-electron chi connectivity index (χ2n) is 5.36. The molecule has 0 radical (unpaired) electrons. The number of benzene rings is 1. The standard InChI is InChI=1S/C17H16N2O8S/c1-3-26-15(21)13(16(22)27-4-2)10-6-5-9(7-11(10)19(24)25)8-12-14(20)18-17(23)28-12/h5-8,13H,3-4H2,1-2H3,(H,18,20,23)/b12-8-. The summed E-state index contributed by atoms with van der Waals surface area (Å²) in [5, 5.41) is 13.1. The highest BCUT2D eigenvalue weighted by molar-refractivity contribution is 8.18. The van der Waals surface area contributed by atoms with Crippen LogP contribution in [0, 0.1) is 10.1 Å². The van der Waals surface area contributed by atoms with Crippen molar-refractivity contribution in [2.75, 3.05) is 13.2 Å². The van der Waals surface area contributed by atoms with Gasteiger partial charge < -0.3 is 9.47 Å². The lowest BCUT2D eigenvalue weighted by Gasteiger charge is -2.15. The number of amides is 2. The number of nitro benzene ring substituents is 1. The highest BCUT2D eigenvalue weighted by Crippen LogP contribution is 2.32. The number of carbonyl (C=O) groups excluding carboxylic acids is 4. The van der Waals surface area contributed by atoms with E-state index in [1.165, 1.54) is 32.1 Å². The van der Waals surface area contributed by atoms with Gasteiger partial charge in [-0.05, 0) is 37.2 Å². The molecule has 28 heavy (non-hydrogen) atoms. The van der Waals surface area contributed by atoms with E-state index >= 15 is 0 Å². The molecule has 2 amide bonds. The normalized spacial score (nSPS) is 14.9. The molecular formula is C17H16N2O8S. The predicted molar refractivity (Wildman–Crippen MR) is 98.2 cm³/mol. The van der Waals surface area contributed by atoms with Crippen molar-refractivity contribution in [3.63, 3.8) is 0 Å². The van der Waals surface area contributed by atoms with Crippen molar-refractivity contribution in [1.29, 1.82) is 0 Å². The molecule has 10 nitrogen and oxygen atoms in total. The Morgan fingerprint density at radius 1 is 1.21 bits per heavy atom. The van der Waals surface area contributed by atoms with Crippen LogP contribution >= 0.6 is 11.8 Å². The Bertz CT molecular complexity index is 862. The molecule has 1 aliphatic heterocycles. The van der Waals surface area contributed by atoms with E-state index in [9.17, 15) is 29.3 Å². The molecule has 0 aliphatic carbocycles. The summed E-state index contributed by atoms with van der Waals surface area (Å²) in [6, 6.07) is 3.71. The molecule has 1 fully saturated rings. The van der Waals surface area contributed by atoms with Crippen molar-refractivity contribution in [1.82, 2.24) is 5.32 Å². The minimum absolute atomic E-state index is 0.0208. The maximum Gasteiger partial charge on any atom is 0.325 e. The van der Waals surface area contributed by atoms with Crippen LogP contribution in [0.1, 0.15) is 30.9 Å². The molecule has 0 unspecified atom stereocenters. The molecule has 148 valence electrons. The SMILES string of the molecule is CCOC(=O)C(C(=O)OCC)c1ccc(/C=C2\SC(=O)NC2=O)cc1[N+](=O)[O-]. The van der Waals surface area contributed by atoms with Crippen LogP contribution in [0.25, 0.3) is 6.08 Å². The summed E-state index contributed by atoms with van der Waals surface area (Å²) in [6.07, 6.45) is 1.30. The zero-order valence-electron chi connectivity index (χ0n) is 14.9. The maximum atomic E-state index is 12.2. The molecule has 0 bridgehead atoms. The molecule has 0 aromatic heterocycles. The van der Waals surface area contributed by atoms with Gasteiger partial charge in [-0.25, -0.2) is 0 Å². The van der Waals surface area contributed by atoms with Crippen molar-refractivity contribution in [2.24, 2.45) is 0 Å². The summed E-state index contributed by atoms with van der Waals surface area (Å²) in [5.74, 6) is -4.16. The number of nitrogens with one attached hydrogen (secondary N) is 1. The topological polar surface area (TPSA) is 142 Å². The lowest BCUT2D eigenvalue weighted by atomic mass is 9.95. The van der Waals surface area contributed by atoms with Crippen LogP contribution in [0.15, 0.2) is 23.1 Å². The number of rotatable bonds is 7. The van der Waals surface area contributed by atoms with E-state index in [0.717, 1.165) is 6.07 Å². The average molecular weight is 408 g/mol. The summed E-state index contributed by atoms with van der Waals surface area (Å²) in [4.78, 5) is 58.2. The lowest BCUT2D eigenvalue weighted by molar-refractivity contribution is -0.385. The van der Waals surface area contributed by atoms with Crippen molar-refractivity contribution in [3.05, 3.63) is 44.3 Å². The molecule has 1 aromatic rings. The van der Waals surface area contributed by atoms with E-state index in [0.29, 0.717) is 11.8 Å². The van der Waals surface area contributed by atoms with Gasteiger partial charge in [0.15, 0.2) is 5.92 Å². The van der Waals surface area contributed by atoms with E-state index in [1.54, 1.807) is 0 Å². The van der Waals surface area contributed by atoms with Crippen LogP contribution in [0.5, 0.6) is 0 Å². The number of hydrogen-bond acceptors (Lipinski definition) is 9. The number of nitrogens with zero attached hydrogens (tertiary/aromatic N) is 1. The smallest absolute Gasteiger partial charge is 0.325 e. The third kappa shape index (κ3) is 4.74. The fourth-order valence-corrected chi connectivity index (χ4v) is 3.11. The first-order valence-electron chi connectivity index (χ1n) is 8.14. The van der Waals surface area contributed by atoms with Gasteiger partial charge in [0.05, 0.1) is 28.6 Å². The first kappa shape index (κ1) is 21.1. The third-order valence-electron chi connectivity index (χ3n) is 3.55. The number of carbonyl (C=O) groups is 4. The highest BCUT2D eigenvalue weighted by atomic mass is 32.2. The van der Waals surface area contributed by atoms with Crippen LogP contribution < -0.4 is 5.32 Å². The van der Waals surface area contributed by atoms with Gasteiger partial charge in [-0.1, -0.05) is 12.1 Å². The predicted octanol–water partition coefficient (Wildman–Crippen LogP) is 2.13. The van der Waals surface area contributed by atoms with E-state index in [1.807, 2.05) is 0 Å². The van der Waals surface area contributed by atoms with Gasteiger partial charge in [-0.2, -0.15) is 0 Å². The Morgan fingerprint density at radius 2 is 1.82 bits per heavy atom. The van der Waals surface area contributed by atoms with Crippen molar-refractivity contribution < 1.29 is 33.6 Å². The quantitative estimate of drug-likeness (QED) is 0.236. The van der Waals surface area contributed by atoms with Crippen molar-refractivity contribution >= 4 is 46.6 Å². The second-order valence-corrected chi connectivity index (χ2v) is 6.38. The zero-order chi connectivity index (χ0) is 20.8. The van der Waals surface area contributed by atoms with Gasteiger partial charge in [0.2, 0.25) is 0 Å². The molecule has 1 heterocycles. The maximum absolute atomic E-state index is 12.2. The Labute approximate surface area is 163 Å². The number of nitro groups is 1. The van der Waals surface area contributed by atoms with Gasteiger partial charge in [0, 0.05) is 6.07 Å². The van der Waals surface area contributed by atoms with Gasteiger partial charge in [-0.15, -0.1) is 0 Å². The summed E-state index contributed by atoms with van der Waals surface area (Å²) in [7, 11) is 0. The monoisotopic (exact) mass is 408 g/mol. The van der Waals surface area contributed by atoms with E-state index in [2.05, 4.69) is 5.32 Å². The van der Waals surface area contributed by atoms with Crippen LogP contribution in [0.2, 0.25) is 0 Å². The summed E-state index contributed by atoms with van der Waals surface area (Å²) in [5.41, 5.74) is -0.465. The van der Waals surface area contributed by atoms with E-state index in [4.69, 9.17) is 9.47 Å². The van der Waals surface area contributed by atoms with Crippen molar-refractivity contribution in [2.45, 2.75) is 19.8 Å². The van der Waals surface area contributed by atoms with Gasteiger partial charge in [0.1, 0.15) is 0 Å². The average Bonchev–Trinajstić information content (AvgIpc) is 2.93. The number of imide groups is 1. The summed E-state index contributed by atoms with van der Waals surface area (Å²) in [6.45, 7) is 3.03. The van der Waals surface area contributed by atoms with E-state index < -0.39 is 39.6 Å². The first-order valence-corrected chi connectivity index (χ1v) is 8.96. The van der Waals surface area contributed by atoms with Gasteiger partial charge in [-0.3, -0.25) is 34.6 Å². The Hall–Kier alpha value is -3.21. The van der Waals surface area contributed by atoms with Crippen LogP contribution in [-0.4, -0.2) is 41.2 Å². The highest BCUT2D eigenvalue weighted by Gasteiger charge is 2.37. The number of thioether (sulfide) groups is 1. The Morgan fingerprint density at radius 3 is 2.29 bits per heavy atom. The molecule has 11 heteroatoms. The molecule has 2 rings (SSSR count). The summed E-state index contributed by atoms with van der Waals surface area (Å²) < 4.78 is 9.71. The largest absolute Gasteiger partial charge is 0.465 e. The minimum atomic E-state index is -1.62. The minimum Gasteiger partial charge on any atom is -0.465 e. The first-order chi connectivity index (χ1) is 13.3. The summed E-state index contributed by atoms with van der Waals surface area (Å²) >= 11 is 0.660. The number of esters is 2. The molecule has 0 saturated carbocycles. The van der Waals surface area contributed by atoms with Crippen LogP contribution in [0.4, 0.5) is 10.5 Å². The molecule has 1 aromatic carbocycles. The Kier molecular flexibility index (Phi) is 6.88. The molecule has 0 atom stereocenters. The van der Waals surface area contributed by atoms with Crippen LogP contribution in [-0.2, 0) is 23.9 Å². The Balaban J connectivity index is 2.50. The van der Waals surface area contributed by atoms with Crippen LogP contribution in [0.3, 0.4) is 0 Å². The molecule has 1 saturated heterocycles. The number of ether oxygens (including phenoxy) is 2. The fraction of sp³-hybridized carbons (Fsp3) is 0.294. The third-order valence-corrected chi connectivity index (χ3v) is 4.36. The number of hydrogen-bond donors (Lipinski definition) is 1. The fourth-order valence-electron chi connectivity index (χ4n) is 2.43. The molecule has 0 spiro atoms. The molecular weight excluding hydrogens is 392 g/mol. The molecule has 1 aliphatic rings. The van der Waals surface area contributed by atoms with Gasteiger partial charge in [0.25, 0.3) is 16.8 Å². The lowest BCUT2D eigenvalue weighted by Crippen LogP contribution is -2.27.